The monoisotopic (exact) mass is 255 g/mol. The molecule has 0 aliphatic rings. The smallest absolute Gasteiger partial charge is 0.255 e. The standard InChI is InChI=1S/C11H10ClNO2S/c1-2-8-5-6-9-4-3-7-13-10(9)11(8)16(12,14)15/h3-7H,2H2,1H3. The number of fused-ring (bicyclic) bond motifs is 1. The molecule has 1 aromatic carbocycles. The number of pyridine rings is 1. The lowest BCUT2D eigenvalue weighted by atomic mass is 10.1. The van der Waals surface area contributed by atoms with E-state index in [4.69, 9.17) is 10.7 Å². The first kappa shape index (κ1) is 11.4. The van der Waals surface area contributed by atoms with E-state index in [2.05, 4.69) is 4.98 Å². The molecule has 0 amide bonds. The van der Waals surface area contributed by atoms with Crippen LogP contribution in [0.5, 0.6) is 0 Å². The number of hydrogen-bond donors (Lipinski definition) is 0. The highest BCUT2D eigenvalue weighted by atomic mass is 35.7. The lowest BCUT2D eigenvalue weighted by Crippen LogP contribution is -1.99. The van der Waals surface area contributed by atoms with Gasteiger partial charge in [-0.25, -0.2) is 8.42 Å². The molecule has 1 heterocycles. The van der Waals surface area contributed by atoms with E-state index in [0.717, 1.165) is 5.39 Å². The van der Waals surface area contributed by atoms with Crippen LogP contribution in [0.2, 0.25) is 0 Å². The van der Waals surface area contributed by atoms with Crippen LogP contribution in [0.25, 0.3) is 10.9 Å². The molecule has 0 saturated carbocycles. The van der Waals surface area contributed by atoms with Crippen LogP contribution in [0.1, 0.15) is 12.5 Å². The van der Waals surface area contributed by atoms with Gasteiger partial charge in [0.2, 0.25) is 0 Å². The molecular formula is C11H10ClNO2S. The Morgan fingerprint density at radius 3 is 2.69 bits per heavy atom. The highest BCUT2D eigenvalue weighted by molar-refractivity contribution is 8.14. The molecule has 1 aromatic heterocycles. The van der Waals surface area contributed by atoms with Crippen molar-refractivity contribution in [1.82, 2.24) is 4.98 Å². The molecule has 16 heavy (non-hydrogen) atoms. The third kappa shape index (κ3) is 1.90. The minimum absolute atomic E-state index is 0.134. The highest BCUT2D eigenvalue weighted by Gasteiger charge is 2.19. The first-order valence-corrected chi connectivity index (χ1v) is 7.16. The SMILES string of the molecule is CCc1ccc2cccnc2c1S(=O)(=O)Cl. The summed E-state index contributed by atoms with van der Waals surface area (Å²) in [4.78, 5) is 4.23. The lowest BCUT2D eigenvalue weighted by molar-refractivity contribution is 0.609. The van der Waals surface area contributed by atoms with E-state index in [1.165, 1.54) is 0 Å². The van der Waals surface area contributed by atoms with Gasteiger partial charge in [0.1, 0.15) is 4.90 Å². The fourth-order valence-corrected chi connectivity index (χ4v) is 3.15. The minimum atomic E-state index is -3.76. The molecule has 0 atom stereocenters. The third-order valence-corrected chi connectivity index (χ3v) is 3.84. The van der Waals surface area contributed by atoms with Crippen LogP contribution < -0.4 is 0 Å². The minimum Gasteiger partial charge on any atom is -0.255 e. The molecule has 3 nitrogen and oxygen atoms in total. The number of hydrogen-bond acceptors (Lipinski definition) is 3. The van der Waals surface area contributed by atoms with Crippen LogP contribution in [0.4, 0.5) is 0 Å². The quantitative estimate of drug-likeness (QED) is 0.776. The molecule has 0 unspecified atom stereocenters. The summed E-state index contributed by atoms with van der Waals surface area (Å²) in [5.74, 6) is 0. The summed E-state index contributed by atoms with van der Waals surface area (Å²) >= 11 is 0. The van der Waals surface area contributed by atoms with Crippen LogP contribution in [0.15, 0.2) is 35.4 Å². The van der Waals surface area contributed by atoms with Crippen molar-refractivity contribution in [2.24, 2.45) is 0 Å². The average Bonchev–Trinajstić information content (AvgIpc) is 2.26. The van der Waals surface area contributed by atoms with Gasteiger partial charge in [-0.15, -0.1) is 0 Å². The molecule has 0 spiro atoms. The van der Waals surface area contributed by atoms with E-state index < -0.39 is 9.05 Å². The molecule has 0 aliphatic heterocycles. The van der Waals surface area contributed by atoms with Crippen molar-refractivity contribution in [2.75, 3.05) is 0 Å². The second-order valence-electron chi connectivity index (χ2n) is 3.42. The van der Waals surface area contributed by atoms with Crippen molar-refractivity contribution in [3.8, 4) is 0 Å². The molecular weight excluding hydrogens is 246 g/mol. The van der Waals surface area contributed by atoms with Crippen molar-refractivity contribution >= 4 is 30.6 Å². The second kappa shape index (κ2) is 4.03. The van der Waals surface area contributed by atoms with Crippen LogP contribution in [-0.2, 0) is 15.5 Å². The number of aromatic nitrogens is 1. The van der Waals surface area contributed by atoms with Gasteiger partial charge in [-0.3, -0.25) is 4.98 Å². The van der Waals surface area contributed by atoms with Gasteiger partial charge in [-0.2, -0.15) is 0 Å². The van der Waals surface area contributed by atoms with Gasteiger partial charge in [-0.1, -0.05) is 25.1 Å². The Kier molecular flexibility index (Phi) is 2.86. The summed E-state index contributed by atoms with van der Waals surface area (Å²) in [7, 11) is 1.69. The maximum absolute atomic E-state index is 11.6. The van der Waals surface area contributed by atoms with Gasteiger partial charge in [-0.05, 0) is 18.1 Å². The van der Waals surface area contributed by atoms with Gasteiger partial charge in [0.25, 0.3) is 9.05 Å². The molecule has 0 saturated heterocycles. The Balaban J connectivity index is 2.95. The maximum atomic E-state index is 11.6. The van der Waals surface area contributed by atoms with E-state index in [9.17, 15) is 8.42 Å². The molecule has 5 heteroatoms. The zero-order chi connectivity index (χ0) is 11.8. The zero-order valence-electron chi connectivity index (χ0n) is 8.64. The van der Waals surface area contributed by atoms with Crippen molar-refractivity contribution in [3.05, 3.63) is 36.0 Å². The van der Waals surface area contributed by atoms with E-state index in [0.29, 0.717) is 17.5 Å². The fraction of sp³-hybridized carbons (Fsp3) is 0.182. The Hall–Kier alpha value is -1.13. The van der Waals surface area contributed by atoms with Gasteiger partial charge in [0.15, 0.2) is 0 Å². The molecule has 0 fully saturated rings. The topological polar surface area (TPSA) is 47.0 Å². The Morgan fingerprint density at radius 1 is 1.31 bits per heavy atom. The lowest BCUT2D eigenvalue weighted by Gasteiger charge is -2.07. The predicted octanol–water partition coefficient (Wildman–Crippen LogP) is 2.72. The van der Waals surface area contributed by atoms with Crippen LogP contribution in [0, 0.1) is 0 Å². The van der Waals surface area contributed by atoms with Gasteiger partial charge >= 0.3 is 0 Å². The molecule has 2 aromatic rings. The van der Waals surface area contributed by atoms with Gasteiger partial charge < -0.3 is 0 Å². The third-order valence-electron chi connectivity index (χ3n) is 2.43. The number of aryl methyl sites for hydroxylation is 1. The van der Waals surface area contributed by atoms with Gasteiger partial charge in [0, 0.05) is 22.3 Å². The molecule has 0 N–H and O–H groups in total. The second-order valence-corrected chi connectivity index (χ2v) is 5.92. The number of rotatable bonds is 2. The first-order chi connectivity index (χ1) is 7.54. The van der Waals surface area contributed by atoms with E-state index in [-0.39, 0.29) is 4.90 Å². The predicted molar refractivity (Wildman–Crippen MR) is 64.2 cm³/mol. The summed E-state index contributed by atoms with van der Waals surface area (Å²) in [6, 6.07) is 7.21. The maximum Gasteiger partial charge on any atom is 0.263 e. The summed E-state index contributed by atoms with van der Waals surface area (Å²) < 4.78 is 23.1. The molecule has 0 radical (unpaired) electrons. The van der Waals surface area contributed by atoms with E-state index in [1.54, 1.807) is 18.3 Å². The Bertz CT molecular complexity index is 637. The van der Waals surface area contributed by atoms with Crippen LogP contribution in [-0.4, -0.2) is 13.4 Å². The number of nitrogens with zero attached hydrogens (tertiary/aromatic N) is 1. The summed E-state index contributed by atoms with van der Waals surface area (Å²) in [5.41, 5.74) is 1.14. The molecule has 0 bridgehead atoms. The van der Waals surface area contributed by atoms with Crippen molar-refractivity contribution in [3.63, 3.8) is 0 Å². The largest absolute Gasteiger partial charge is 0.263 e. The van der Waals surface area contributed by atoms with Crippen LogP contribution in [0.3, 0.4) is 0 Å². The van der Waals surface area contributed by atoms with Crippen LogP contribution >= 0.6 is 10.7 Å². The Morgan fingerprint density at radius 2 is 2.06 bits per heavy atom. The summed E-state index contributed by atoms with van der Waals surface area (Å²) in [6.45, 7) is 1.88. The zero-order valence-corrected chi connectivity index (χ0v) is 10.2. The average molecular weight is 256 g/mol. The first-order valence-electron chi connectivity index (χ1n) is 4.85. The molecule has 2 rings (SSSR count). The van der Waals surface area contributed by atoms with Crippen molar-refractivity contribution < 1.29 is 8.42 Å². The number of halogens is 1. The van der Waals surface area contributed by atoms with Crippen molar-refractivity contribution in [1.29, 1.82) is 0 Å². The summed E-state index contributed by atoms with van der Waals surface area (Å²) in [5, 5.41) is 0.777. The normalized spacial score (nSPS) is 11.9. The van der Waals surface area contributed by atoms with Crippen molar-refractivity contribution in [2.45, 2.75) is 18.2 Å². The molecule has 84 valence electrons. The van der Waals surface area contributed by atoms with E-state index in [1.807, 2.05) is 19.1 Å². The summed E-state index contributed by atoms with van der Waals surface area (Å²) in [6.07, 6.45) is 2.17. The molecule has 0 aliphatic carbocycles. The number of benzene rings is 1. The van der Waals surface area contributed by atoms with Gasteiger partial charge in [0.05, 0.1) is 5.52 Å². The Labute approximate surface area is 98.5 Å². The van der Waals surface area contributed by atoms with E-state index >= 15 is 0 Å². The fourth-order valence-electron chi connectivity index (χ4n) is 1.71. The highest BCUT2D eigenvalue weighted by Crippen LogP contribution is 2.28.